The molecule has 168 valence electrons. The van der Waals surface area contributed by atoms with E-state index in [2.05, 4.69) is 10.6 Å². The summed E-state index contributed by atoms with van der Waals surface area (Å²) in [6, 6.07) is 7.61. The van der Waals surface area contributed by atoms with Gasteiger partial charge in [0.25, 0.3) is 5.91 Å². The van der Waals surface area contributed by atoms with Gasteiger partial charge in [-0.2, -0.15) is 4.31 Å². The minimum absolute atomic E-state index is 0.147. The van der Waals surface area contributed by atoms with E-state index in [9.17, 15) is 18.0 Å². The number of carbonyl (C=O) groups excluding carboxylic acids is 2. The number of piperidine rings is 1. The topological polar surface area (TPSA) is 95.6 Å². The maximum atomic E-state index is 13.1. The summed E-state index contributed by atoms with van der Waals surface area (Å²) in [6.45, 7) is 6.48. The predicted molar refractivity (Wildman–Crippen MR) is 123 cm³/mol. The van der Waals surface area contributed by atoms with Crippen molar-refractivity contribution in [1.82, 2.24) is 9.62 Å². The average molecular weight is 464 g/mol. The molecule has 1 atom stereocenters. The van der Waals surface area contributed by atoms with Crippen molar-refractivity contribution in [3.63, 3.8) is 0 Å². The van der Waals surface area contributed by atoms with E-state index >= 15 is 0 Å². The number of hydrogen-bond acceptors (Lipinski definition) is 5. The van der Waals surface area contributed by atoms with E-state index < -0.39 is 16.1 Å². The summed E-state index contributed by atoms with van der Waals surface area (Å²) in [6.07, 6.45) is 2.75. The first-order valence-corrected chi connectivity index (χ1v) is 12.8. The van der Waals surface area contributed by atoms with Gasteiger partial charge in [0, 0.05) is 18.8 Å². The second kappa shape index (κ2) is 9.93. The smallest absolute Gasteiger partial charge is 0.262 e. The fourth-order valence-electron chi connectivity index (χ4n) is 3.58. The van der Waals surface area contributed by atoms with Crippen LogP contribution in [0.2, 0.25) is 0 Å². The van der Waals surface area contributed by atoms with Crippen LogP contribution in [0.4, 0.5) is 5.69 Å². The Kier molecular flexibility index (Phi) is 7.51. The Hall–Kier alpha value is -2.23. The lowest BCUT2D eigenvalue weighted by atomic mass is 10.0. The predicted octanol–water partition coefficient (Wildman–Crippen LogP) is 3.62. The van der Waals surface area contributed by atoms with Crippen molar-refractivity contribution in [3.05, 3.63) is 46.2 Å². The van der Waals surface area contributed by atoms with E-state index in [1.807, 2.05) is 13.8 Å². The molecule has 0 bridgehead atoms. The fourth-order valence-corrected chi connectivity index (χ4v) is 5.97. The van der Waals surface area contributed by atoms with Crippen LogP contribution in [0.3, 0.4) is 0 Å². The molecule has 1 aromatic heterocycles. The van der Waals surface area contributed by atoms with Crippen molar-refractivity contribution in [1.29, 1.82) is 0 Å². The highest BCUT2D eigenvalue weighted by atomic mass is 32.2. The standard InChI is InChI=1S/C22H29N3O4S2/c1-15(2)20(24-21(26)18-8-7-13-30-18)22(27)23-17-10-9-16(3)19(14-17)31(28,29)25-11-5-4-6-12-25/h7-10,13-15,20H,4-6,11-12H2,1-3H3,(H,23,27)(H,24,26). The number of nitrogens with zero attached hydrogens (tertiary/aromatic N) is 1. The summed E-state index contributed by atoms with van der Waals surface area (Å²) < 4.78 is 27.8. The summed E-state index contributed by atoms with van der Waals surface area (Å²) >= 11 is 1.31. The molecule has 1 aliphatic heterocycles. The van der Waals surface area contributed by atoms with Gasteiger partial charge >= 0.3 is 0 Å². The van der Waals surface area contributed by atoms with Gasteiger partial charge in [-0.3, -0.25) is 9.59 Å². The Morgan fingerprint density at radius 2 is 1.81 bits per heavy atom. The molecule has 0 saturated carbocycles. The molecule has 0 radical (unpaired) electrons. The zero-order valence-corrected chi connectivity index (χ0v) is 19.7. The molecule has 0 aliphatic carbocycles. The third-order valence-corrected chi connectivity index (χ3v) is 8.28. The van der Waals surface area contributed by atoms with Gasteiger partial charge < -0.3 is 10.6 Å². The number of anilines is 1. The number of aryl methyl sites for hydroxylation is 1. The van der Waals surface area contributed by atoms with Gasteiger partial charge in [-0.25, -0.2) is 8.42 Å². The van der Waals surface area contributed by atoms with Crippen molar-refractivity contribution in [2.75, 3.05) is 18.4 Å². The van der Waals surface area contributed by atoms with Crippen molar-refractivity contribution in [2.24, 2.45) is 5.92 Å². The highest BCUT2D eigenvalue weighted by molar-refractivity contribution is 7.89. The number of rotatable bonds is 7. The Balaban J connectivity index is 1.78. The summed E-state index contributed by atoms with van der Waals surface area (Å²) in [5.74, 6) is -0.836. The van der Waals surface area contributed by atoms with Crippen LogP contribution in [-0.2, 0) is 14.8 Å². The third kappa shape index (κ3) is 5.53. The van der Waals surface area contributed by atoms with Crippen molar-refractivity contribution in [3.8, 4) is 0 Å². The monoisotopic (exact) mass is 463 g/mol. The molecule has 2 N–H and O–H groups in total. The summed E-state index contributed by atoms with van der Waals surface area (Å²) in [5.41, 5.74) is 1.03. The second-order valence-electron chi connectivity index (χ2n) is 8.11. The number of sulfonamides is 1. The Bertz CT molecular complexity index is 1030. The normalized spacial score (nSPS) is 16.1. The molecule has 2 amide bonds. The van der Waals surface area contributed by atoms with Gasteiger partial charge in [0.1, 0.15) is 6.04 Å². The fraction of sp³-hybridized carbons (Fsp3) is 0.455. The lowest BCUT2D eigenvalue weighted by molar-refractivity contribution is -0.118. The first-order valence-electron chi connectivity index (χ1n) is 10.5. The minimum atomic E-state index is -3.62. The SMILES string of the molecule is Cc1ccc(NC(=O)C(NC(=O)c2cccs2)C(C)C)cc1S(=O)(=O)N1CCCCC1. The lowest BCUT2D eigenvalue weighted by Gasteiger charge is -2.27. The van der Waals surface area contributed by atoms with Crippen molar-refractivity contribution >= 4 is 38.9 Å². The van der Waals surface area contributed by atoms with Crippen LogP contribution in [0.25, 0.3) is 0 Å². The summed E-state index contributed by atoms with van der Waals surface area (Å²) in [5, 5.41) is 7.36. The maximum Gasteiger partial charge on any atom is 0.262 e. The zero-order valence-electron chi connectivity index (χ0n) is 18.1. The Morgan fingerprint density at radius 3 is 2.42 bits per heavy atom. The van der Waals surface area contributed by atoms with Gasteiger partial charge in [0.05, 0.1) is 9.77 Å². The van der Waals surface area contributed by atoms with Gasteiger partial charge in [0.15, 0.2) is 0 Å². The maximum absolute atomic E-state index is 13.1. The number of hydrogen-bond donors (Lipinski definition) is 2. The molecule has 7 nitrogen and oxygen atoms in total. The van der Waals surface area contributed by atoms with Crippen LogP contribution in [0, 0.1) is 12.8 Å². The molecule has 9 heteroatoms. The van der Waals surface area contributed by atoms with E-state index in [-0.39, 0.29) is 22.6 Å². The quantitative estimate of drug-likeness (QED) is 0.656. The van der Waals surface area contributed by atoms with E-state index in [4.69, 9.17) is 0 Å². The minimum Gasteiger partial charge on any atom is -0.339 e. The van der Waals surface area contributed by atoms with Crippen LogP contribution in [-0.4, -0.2) is 43.7 Å². The van der Waals surface area contributed by atoms with Crippen LogP contribution in [0.5, 0.6) is 0 Å². The average Bonchev–Trinajstić information content (AvgIpc) is 3.28. The van der Waals surface area contributed by atoms with Crippen LogP contribution in [0.1, 0.15) is 48.3 Å². The first kappa shape index (κ1) is 23.4. The first-order chi connectivity index (χ1) is 14.7. The molecular weight excluding hydrogens is 434 g/mol. The number of nitrogens with one attached hydrogen (secondary N) is 2. The van der Waals surface area contributed by atoms with Gasteiger partial charge in [-0.05, 0) is 54.8 Å². The van der Waals surface area contributed by atoms with Gasteiger partial charge in [-0.15, -0.1) is 11.3 Å². The molecule has 1 fully saturated rings. The molecule has 31 heavy (non-hydrogen) atoms. The summed E-state index contributed by atoms with van der Waals surface area (Å²) in [7, 11) is -3.62. The molecule has 1 aromatic carbocycles. The van der Waals surface area contributed by atoms with Gasteiger partial charge in [-0.1, -0.05) is 32.4 Å². The molecule has 2 aromatic rings. The molecule has 2 heterocycles. The number of amides is 2. The molecule has 1 unspecified atom stereocenters. The lowest BCUT2D eigenvalue weighted by Crippen LogP contribution is -2.47. The number of benzene rings is 1. The Labute approximate surface area is 187 Å². The van der Waals surface area contributed by atoms with Crippen LogP contribution >= 0.6 is 11.3 Å². The summed E-state index contributed by atoms with van der Waals surface area (Å²) in [4.78, 5) is 26.1. The molecule has 3 rings (SSSR count). The van der Waals surface area contributed by atoms with E-state index in [0.717, 1.165) is 19.3 Å². The van der Waals surface area contributed by atoms with Gasteiger partial charge in [0.2, 0.25) is 15.9 Å². The van der Waals surface area contributed by atoms with E-state index in [1.165, 1.54) is 21.7 Å². The van der Waals surface area contributed by atoms with Crippen molar-refractivity contribution < 1.29 is 18.0 Å². The highest BCUT2D eigenvalue weighted by Crippen LogP contribution is 2.26. The highest BCUT2D eigenvalue weighted by Gasteiger charge is 2.29. The van der Waals surface area contributed by atoms with Crippen LogP contribution < -0.4 is 10.6 Å². The molecular formula is C22H29N3O4S2. The van der Waals surface area contributed by atoms with Crippen molar-refractivity contribution in [2.45, 2.75) is 51.0 Å². The van der Waals surface area contributed by atoms with E-state index in [0.29, 0.717) is 29.2 Å². The number of carbonyl (C=O) groups is 2. The number of thiophene rings is 1. The Morgan fingerprint density at radius 1 is 1.10 bits per heavy atom. The molecule has 1 aliphatic rings. The third-order valence-electron chi connectivity index (χ3n) is 5.37. The molecule has 0 spiro atoms. The van der Waals surface area contributed by atoms with E-state index in [1.54, 1.807) is 36.6 Å². The molecule has 1 saturated heterocycles. The zero-order chi connectivity index (χ0) is 22.6. The second-order valence-corrected chi connectivity index (χ2v) is 11.0. The van der Waals surface area contributed by atoms with Crippen LogP contribution in [0.15, 0.2) is 40.6 Å². The largest absolute Gasteiger partial charge is 0.339 e.